The molecule has 0 spiro atoms. The van der Waals surface area contributed by atoms with Crippen LogP contribution in [0.3, 0.4) is 0 Å². The molecule has 5 heteroatoms. The van der Waals surface area contributed by atoms with Gasteiger partial charge in [-0.05, 0) is 31.4 Å². The van der Waals surface area contributed by atoms with Crippen molar-refractivity contribution in [1.29, 1.82) is 0 Å². The SMILES string of the molecule is O=C1C(NC2CC2)CCN1c1cccc(Cl)c1Cl. The first-order valence-electron chi connectivity index (χ1n) is 6.18. The number of nitrogens with one attached hydrogen (secondary N) is 1. The fourth-order valence-corrected chi connectivity index (χ4v) is 2.71. The van der Waals surface area contributed by atoms with E-state index < -0.39 is 0 Å². The molecule has 1 aliphatic heterocycles. The molecule has 1 amide bonds. The molecule has 3 rings (SSSR count). The minimum atomic E-state index is -0.0625. The van der Waals surface area contributed by atoms with Gasteiger partial charge in [0.15, 0.2) is 0 Å². The number of halogens is 2. The highest BCUT2D eigenvalue weighted by atomic mass is 35.5. The van der Waals surface area contributed by atoms with E-state index in [1.165, 1.54) is 12.8 Å². The Kier molecular flexibility index (Phi) is 3.22. The molecule has 1 heterocycles. The van der Waals surface area contributed by atoms with Crippen molar-refractivity contribution >= 4 is 34.8 Å². The Bertz CT molecular complexity index is 488. The molecule has 1 saturated carbocycles. The minimum absolute atomic E-state index is 0.0625. The molecule has 1 aromatic carbocycles. The van der Waals surface area contributed by atoms with Crippen molar-refractivity contribution in [2.75, 3.05) is 11.4 Å². The molecule has 3 nitrogen and oxygen atoms in total. The third-order valence-electron chi connectivity index (χ3n) is 3.44. The lowest BCUT2D eigenvalue weighted by Crippen LogP contribution is -2.39. The Morgan fingerprint density at radius 2 is 2.00 bits per heavy atom. The van der Waals surface area contributed by atoms with Crippen LogP contribution in [-0.4, -0.2) is 24.5 Å². The summed E-state index contributed by atoms with van der Waals surface area (Å²) in [5, 5.41) is 4.31. The molecule has 0 bridgehead atoms. The van der Waals surface area contributed by atoms with Gasteiger partial charge in [-0.2, -0.15) is 0 Å². The lowest BCUT2D eigenvalue weighted by Gasteiger charge is -2.19. The van der Waals surface area contributed by atoms with E-state index in [9.17, 15) is 4.79 Å². The zero-order valence-corrected chi connectivity index (χ0v) is 11.3. The quantitative estimate of drug-likeness (QED) is 0.926. The summed E-state index contributed by atoms with van der Waals surface area (Å²) in [5.41, 5.74) is 0.717. The number of hydrogen-bond donors (Lipinski definition) is 1. The first-order valence-corrected chi connectivity index (χ1v) is 6.94. The molecule has 1 N–H and O–H groups in total. The molecular weight excluding hydrogens is 271 g/mol. The zero-order chi connectivity index (χ0) is 12.7. The summed E-state index contributed by atoms with van der Waals surface area (Å²) in [6, 6.07) is 5.86. The van der Waals surface area contributed by atoms with E-state index in [1.54, 1.807) is 11.0 Å². The lowest BCUT2D eigenvalue weighted by molar-refractivity contribution is -0.118. The Labute approximate surface area is 116 Å². The maximum Gasteiger partial charge on any atom is 0.244 e. The number of carbonyl (C=O) groups excluding carboxylic acids is 1. The highest BCUT2D eigenvalue weighted by Crippen LogP contribution is 2.35. The molecule has 18 heavy (non-hydrogen) atoms. The van der Waals surface area contributed by atoms with Crippen LogP contribution in [0.5, 0.6) is 0 Å². The van der Waals surface area contributed by atoms with Crippen LogP contribution in [-0.2, 0) is 4.79 Å². The van der Waals surface area contributed by atoms with Crippen LogP contribution in [0.1, 0.15) is 19.3 Å². The number of benzene rings is 1. The van der Waals surface area contributed by atoms with Crippen LogP contribution in [0, 0.1) is 0 Å². The number of anilines is 1. The molecule has 1 saturated heterocycles. The third-order valence-corrected chi connectivity index (χ3v) is 4.25. The first kappa shape index (κ1) is 12.3. The number of hydrogen-bond acceptors (Lipinski definition) is 2. The highest BCUT2D eigenvalue weighted by Gasteiger charge is 2.36. The monoisotopic (exact) mass is 284 g/mol. The van der Waals surface area contributed by atoms with Gasteiger partial charge in [0.05, 0.1) is 21.8 Å². The number of rotatable bonds is 3. The van der Waals surface area contributed by atoms with Crippen molar-refractivity contribution in [1.82, 2.24) is 5.32 Å². The summed E-state index contributed by atoms with van der Waals surface area (Å²) in [5.74, 6) is 0.103. The molecule has 1 unspecified atom stereocenters. The van der Waals surface area contributed by atoms with E-state index in [1.807, 2.05) is 12.1 Å². The largest absolute Gasteiger partial charge is 0.309 e. The van der Waals surface area contributed by atoms with Crippen LogP contribution in [0.25, 0.3) is 0 Å². The van der Waals surface area contributed by atoms with Gasteiger partial charge in [0.2, 0.25) is 5.91 Å². The Morgan fingerprint density at radius 3 is 2.72 bits per heavy atom. The first-order chi connectivity index (χ1) is 8.66. The van der Waals surface area contributed by atoms with Gasteiger partial charge in [-0.15, -0.1) is 0 Å². The highest BCUT2D eigenvalue weighted by molar-refractivity contribution is 6.44. The molecule has 1 aromatic rings. The van der Waals surface area contributed by atoms with Crippen molar-refractivity contribution in [3.8, 4) is 0 Å². The summed E-state index contributed by atoms with van der Waals surface area (Å²) >= 11 is 12.1. The van der Waals surface area contributed by atoms with Crippen LogP contribution in [0.15, 0.2) is 18.2 Å². The van der Waals surface area contributed by atoms with Crippen molar-refractivity contribution in [2.24, 2.45) is 0 Å². The van der Waals surface area contributed by atoms with E-state index >= 15 is 0 Å². The molecule has 96 valence electrons. The third kappa shape index (κ3) is 2.22. The van der Waals surface area contributed by atoms with Gasteiger partial charge in [0, 0.05) is 12.6 Å². The summed E-state index contributed by atoms with van der Waals surface area (Å²) in [6.07, 6.45) is 3.20. The van der Waals surface area contributed by atoms with Crippen molar-refractivity contribution in [2.45, 2.75) is 31.3 Å². The normalized spacial score (nSPS) is 23.8. The molecular formula is C13H14Cl2N2O. The van der Waals surface area contributed by atoms with E-state index in [0.717, 1.165) is 6.42 Å². The van der Waals surface area contributed by atoms with Gasteiger partial charge >= 0.3 is 0 Å². The van der Waals surface area contributed by atoms with Crippen molar-refractivity contribution in [3.63, 3.8) is 0 Å². The van der Waals surface area contributed by atoms with E-state index in [2.05, 4.69) is 5.32 Å². The summed E-state index contributed by atoms with van der Waals surface area (Å²) in [6.45, 7) is 0.698. The van der Waals surface area contributed by atoms with Crippen molar-refractivity contribution in [3.05, 3.63) is 28.2 Å². The smallest absolute Gasteiger partial charge is 0.244 e. The second-order valence-corrected chi connectivity index (χ2v) is 5.63. The van der Waals surface area contributed by atoms with Gasteiger partial charge in [0.1, 0.15) is 0 Å². The molecule has 1 aliphatic carbocycles. The van der Waals surface area contributed by atoms with Gasteiger partial charge in [-0.1, -0.05) is 29.3 Å². The number of nitrogens with zero attached hydrogens (tertiary/aromatic N) is 1. The van der Waals surface area contributed by atoms with Gasteiger partial charge in [-0.25, -0.2) is 0 Å². The maximum atomic E-state index is 12.3. The van der Waals surface area contributed by atoms with Crippen LogP contribution in [0.2, 0.25) is 10.0 Å². The minimum Gasteiger partial charge on any atom is -0.309 e. The van der Waals surface area contributed by atoms with E-state index in [-0.39, 0.29) is 11.9 Å². The van der Waals surface area contributed by atoms with Gasteiger partial charge in [-0.3, -0.25) is 4.79 Å². The van der Waals surface area contributed by atoms with Crippen LogP contribution < -0.4 is 10.2 Å². The molecule has 0 radical (unpaired) electrons. The van der Waals surface area contributed by atoms with Gasteiger partial charge < -0.3 is 10.2 Å². The molecule has 0 aromatic heterocycles. The predicted molar refractivity (Wildman–Crippen MR) is 73.4 cm³/mol. The maximum absolute atomic E-state index is 12.3. The fraction of sp³-hybridized carbons (Fsp3) is 0.462. The average Bonchev–Trinajstić information content (AvgIpc) is 3.09. The van der Waals surface area contributed by atoms with E-state index in [0.29, 0.717) is 28.3 Å². The van der Waals surface area contributed by atoms with Crippen LogP contribution >= 0.6 is 23.2 Å². The van der Waals surface area contributed by atoms with Crippen molar-refractivity contribution < 1.29 is 4.79 Å². The zero-order valence-electron chi connectivity index (χ0n) is 9.83. The Morgan fingerprint density at radius 1 is 1.22 bits per heavy atom. The summed E-state index contributed by atoms with van der Waals surface area (Å²) in [4.78, 5) is 14.0. The molecule has 2 fully saturated rings. The summed E-state index contributed by atoms with van der Waals surface area (Å²) in [7, 11) is 0. The second-order valence-electron chi connectivity index (χ2n) is 4.85. The summed E-state index contributed by atoms with van der Waals surface area (Å²) < 4.78 is 0. The van der Waals surface area contributed by atoms with Crippen LogP contribution in [0.4, 0.5) is 5.69 Å². The number of amides is 1. The topological polar surface area (TPSA) is 32.3 Å². The second kappa shape index (κ2) is 4.72. The van der Waals surface area contributed by atoms with Gasteiger partial charge in [0.25, 0.3) is 0 Å². The van der Waals surface area contributed by atoms with E-state index in [4.69, 9.17) is 23.2 Å². The standard InChI is InChI=1S/C13H14Cl2N2O/c14-9-2-1-3-11(12(9)15)17-7-6-10(13(17)18)16-8-4-5-8/h1-3,8,10,16H,4-7H2. The molecule has 1 atom stereocenters. The number of carbonyl (C=O) groups is 1. The predicted octanol–water partition coefficient (Wildman–Crippen LogP) is 2.85. The fourth-order valence-electron chi connectivity index (χ4n) is 2.31. The Balaban J connectivity index is 1.80. The molecule has 2 aliphatic rings. The average molecular weight is 285 g/mol. The lowest BCUT2D eigenvalue weighted by atomic mass is 10.2. The Hall–Kier alpha value is -0.770.